The minimum atomic E-state index is -0.522. The molecule has 166 valence electrons. The summed E-state index contributed by atoms with van der Waals surface area (Å²) in [5, 5.41) is 6.13. The van der Waals surface area contributed by atoms with Gasteiger partial charge in [0.05, 0.1) is 29.8 Å². The summed E-state index contributed by atoms with van der Waals surface area (Å²) >= 11 is 8.00. The van der Waals surface area contributed by atoms with Crippen molar-refractivity contribution in [3.05, 3.63) is 57.2 Å². The molecule has 0 saturated heterocycles. The molecule has 0 aromatic heterocycles. The van der Waals surface area contributed by atoms with Crippen molar-refractivity contribution >= 4 is 40.4 Å². The lowest BCUT2D eigenvalue weighted by atomic mass is 9.93. The molecule has 0 fully saturated rings. The Morgan fingerprint density at radius 2 is 1.97 bits per heavy atom. The number of ether oxygens (including phenoxy) is 1. The van der Waals surface area contributed by atoms with E-state index in [4.69, 9.17) is 16.3 Å². The molecule has 0 radical (unpaired) electrons. The number of halogens is 1. The minimum Gasteiger partial charge on any atom is -0.459 e. The van der Waals surface area contributed by atoms with Crippen molar-refractivity contribution in [3.63, 3.8) is 0 Å². The van der Waals surface area contributed by atoms with Gasteiger partial charge in [-0.25, -0.2) is 9.79 Å². The average Bonchev–Trinajstić information content (AvgIpc) is 3.07. The number of hydrogen-bond acceptors (Lipinski definition) is 6. The van der Waals surface area contributed by atoms with Crippen LogP contribution in [0.1, 0.15) is 52.6 Å². The second kappa shape index (κ2) is 9.92. The van der Waals surface area contributed by atoms with Crippen LogP contribution in [0.25, 0.3) is 0 Å². The lowest BCUT2D eigenvalue weighted by Crippen LogP contribution is -2.38. The van der Waals surface area contributed by atoms with E-state index < -0.39 is 12.0 Å². The molecule has 8 heteroatoms. The second-order valence-electron chi connectivity index (χ2n) is 8.24. The van der Waals surface area contributed by atoms with Crippen molar-refractivity contribution in [2.75, 3.05) is 6.54 Å². The number of nitrogens with zero attached hydrogens (tertiary/aromatic N) is 2. The van der Waals surface area contributed by atoms with Gasteiger partial charge in [-0.3, -0.25) is 4.79 Å². The fraction of sp³-hybridized carbons (Fsp3) is 0.435. The molecule has 1 amide bonds. The van der Waals surface area contributed by atoms with Gasteiger partial charge < -0.3 is 15.0 Å². The van der Waals surface area contributed by atoms with E-state index in [-0.39, 0.29) is 18.4 Å². The van der Waals surface area contributed by atoms with Gasteiger partial charge in [0.2, 0.25) is 5.91 Å². The third-order valence-corrected chi connectivity index (χ3v) is 6.05. The third-order valence-electron chi connectivity index (χ3n) is 4.81. The zero-order valence-electron chi connectivity index (χ0n) is 18.4. The number of rotatable bonds is 7. The van der Waals surface area contributed by atoms with Gasteiger partial charge in [0.1, 0.15) is 0 Å². The topological polar surface area (TPSA) is 71.0 Å². The summed E-state index contributed by atoms with van der Waals surface area (Å²) in [5.74, 6) is -0.139. The van der Waals surface area contributed by atoms with Crippen LogP contribution in [0.15, 0.2) is 51.6 Å². The molecule has 6 nitrogen and oxygen atoms in total. The monoisotopic (exact) mass is 461 g/mol. The number of aliphatic imine (C=N–C) groups is 1. The van der Waals surface area contributed by atoms with Crippen molar-refractivity contribution in [2.24, 2.45) is 10.9 Å². The Bertz CT molecular complexity index is 969. The molecule has 1 atom stereocenters. The molecule has 1 N–H and O–H groups in total. The van der Waals surface area contributed by atoms with E-state index >= 15 is 0 Å². The van der Waals surface area contributed by atoms with Crippen LogP contribution in [-0.4, -0.2) is 34.6 Å². The highest BCUT2D eigenvalue weighted by atomic mass is 35.5. The van der Waals surface area contributed by atoms with Gasteiger partial charge >= 0.3 is 5.97 Å². The zero-order chi connectivity index (χ0) is 22.7. The number of esters is 1. The fourth-order valence-corrected chi connectivity index (χ4v) is 4.65. The van der Waals surface area contributed by atoms with Gasteiger partial charge in [0, 0.05) is 17.3 Å². The largest absolute Gasteiger partial charge is 0.459 e. The molecule has 3 rings (SSSR count). The normalized spacial score (nSPS) is 18.2. The summed E-state index contributed by atoms with van der Waals surface area (Å²) in [6, 6.07) is 6.90. The van der Waals surface area contributed by atoms with Gasteiger partial charge in [-0.15, -0.1) is 0 Å². The van der Waals surface area contributed by atoms with Crippen LogP contribution >= 0.6 is 23.4 Å². The van der Waals surface area contributed by atoms with E-state index in [9.17, 15) is 9.59 Å². The fourth-order valence-electron chi connectivity index (χ4n) is 3.44. The summed E-state index contributed by atoms with van der Waals surface area (Å²) in [6.45, 7) is 10.1. The number of carbonyl (C=O) groups is 2. The molecular weight excluding hydrogens is 434 g/mol. The van der Waals surface area contributed by atoms with Crippen molar-refractivity contribution in [1.29, 1.82) is 0 Å². The number of benzene rings is 1. The van der Waals surface area contributed by atoms with Crippen LogP contribution in [0, 0.1) is 5.92 Å². The number of thioether (sulfide) groups is 1. The first kappa shape index (κ1) is 23.4. The standard InChI is InChI=1S/C23H28ClN3O3S/c1-13(2)11-25-19(28)10-16-12-31-23-26-15(5)20(22(29)30-14(3)4)21(27(16)23)17-8-6-7-9-18(17)24/h6-9,12-14,21H,10-11H2,1-5H3,(H,25,28)/t21-/m1/s1. The number of allylic oxidation sites excluding steroid dienone is 1. The molecule has 2 heterocycles. The van der Waals surface area contributed by atoms with E-state index in [1.807, 2.05) is 56.2 Å². The molecule has 2 aliphatic heterocycles. The van der Waals surface area contributed by atoms with E-state index in [0.717, 1.165) is 16.4 Å². The summed E-state index contributed by atoms with van der Waals surface area (Å²) in [6.07, 6.45) is -0.0829. The number of amides is 1. The number of nitrogens with one attached hydrogen (secondary N) is 1. The Hall–Kier alpha value is -2.25. The molecule has 0 bridgehead atoms. The lowest BCUT2D eigenvalue weighted by Gasteiger charge is -2.36. The van der Waals surface area contributed by atoms with E-state index in [2.05, 4.69) is 10.3 Å². The lowest BCUT2D eigenvalue weighted by molar-refractivity contribution is -0.143. The first-order valence-electron chi connectivity index (χ1n) is 10.4. The maximum absolute atomic E-state index is 13.1. The Balaban J connectivity index is 2.00. The summed E-state index contributed by atoms with van der Waals surface area (Å²) in [7, 11) is 0. The quantitative estimate of drug-likeness (QED) is 0.576. The average molecular weight is 462 g/mol. The molecule has 0 saturated carbocycles. The van der Waals surface area contributed by atoms with Crippen LogP contribution in [0.4, 0.5) is 0 Å². The maximum atomic E-state index is 13.1. The van der Waals surface area contributed by atoms with Crippen LogP contribution in [0.3, 0.4) is 0 Å². The van der Waals surface area contributed by atoms with Crippen LogP contribution in [-0.2, 0) is 14.3 Å². The van der Waals surface area contributed by atoms with Crippen molar-refractivity contribution in [2.45, 2.75) is 53.2 Å². The van der Waals surface area contributed by atoms with Gasteiger partial charge in [-0.05, 0) is 43.7 Å². The van der Waals surface area contributed by atoms with Crippen molar-refractivity contribution < 1.29 is 14.3 Å². The Morgan fingerprint density at radius 3 is 2.61 bits per heavy atom. The van der Waals surface area contributed by atoms with Gasteiger partial charge in [-0.2, -0.15) is 0 Å². The van der Waals surface area contributed by atoms with Crippen LogP contribution in [0.2, 0.25) is 5.02 Å². The summed E-state index contributed by atoms with van der Waals surface area (Å²) in [4.78, 5) is 32.2. The molecule has 2 aliphatic rings. The number of fused-ring (bicyclic) bond motifs is 1. The maximum Gasteiger partial charge on any atom is 0.338 e. The van der Waals surface area contributed by atoms with Gasteiger partial charge in [0.25, 0.3) is 0 Å². The number of hydrogen-bond donors (Lipinski definition) is 1. The highest BCUT2D eigenvalue weighted by Gasteiger charge is 2.42. The molecular formula is C23H28ClN3O3S. The number of amidine groups is 1. The predicted octanol–water partition coefficient (Wildman–Crippen LogP) is 5.03. The Labute approximate surface area is 192 Å². The zero-order valence-corrected chi connectivity index (χ0v) is 20.0. The second-order valence-corrected chi connectivity index (χ2v) is 9.49. The highest BCUT2D eigenvalue weighted by molar-refractivity contribution is 8.16. The summed E-state index contributed by atoms with van der Waals surface area (Å²) in [5.41, 5.74) is 2.56. The molecule has 31 heavy (non-hydrogen) atoms. The molecule has 1 aromatic carbocycles. The molecule has 0 spiro atoms. The first-order valence-corrected chi connectivity index (χ1v) is 11.6. The predicted molar refractivity (Wildman–Crippen MR) is 126 cm³/mol. The van der Waals surface area contributed by atoms with E-state index in [1.54, 1.807) is 13.0 Å². The Kier molecular flexibility index (Phi) is 7.49. The molecule has 0 aliphatic carbocycles. The third kappa shape index (κ3) is 5.33. The van der Waals surface area contributed by atoms with Gasteiger partial charge in [0.15, 0.2) is 5.17 Å². The first-order chi connectivity index (χ1) is 14.7. The molecule has 1 aromatic rings. The van der Waals surface area contributed by atoms with Gasteiger partial charge in [-0.1, -0.05) is 55.4 Å². The van der Waals surface area contributed by atoms with E-state index in [1.165, 1.54) is 11.8 Å². The Morgan fingerprint density at radius 1 is 1.26 bits per heavy atom. The van der Waals surface area contributed by atoms with E-state index in [0.29, 0.717) is 28.8 Å². The van der Waals surface area contributed by atoms with Crippen molar-refractivity contribution in [1.82, 2.24) is 10.2 Å². The SMILES string of the molecule is CC1=C(C(=O)OC(C)C)[C@@H](c2ccccc2Cl)N2C(CC(=O)NCC(C)C)=CSC2=N1. The molecule has 0 unspecified atom stereocenters. The highest BCUT2D eigenvalue weighted by Crippen LogP contribution is 2.46. The smallest absolute Gasteiger partial charge is 0.338 e. The summed E-state index contributed by atoms with van der Waals surface area (Å²) < 4.78 is 5.54. The minimum absolute atomic E-state index is 0.0720. The van der Waals surface area contributed by atoms with Crippen LogP contribution in [0.5, 0.6) is 0 Å². The van der Waals surface area contributed by atoms with Crippen LogP contribution < -0.4 is 5.32 Å². The number of carbonyl (C=O) groups excluding carboxylic acids is 2. The van der Waals surface area contributed by atoms with Crippen molar-refractivity contribution in [3.8, 4) is 0 Å².